The number of aryl methyl sites for hydroxylation is 2. The Morgan fingerprint density at radius 1 is 0.931 bits per heavy atom. The highest BCUT2D eigenvalue weighted by Crippen LogP contribution is 2.32. The summed E-state index contributed by atoms with van der Waals surface area (Å²) < 4.78 is 10.8. The van der Waals surface area contributed by atoms with E-state index in [2.05, 4.69) is 10.2 Å². The molecule has 1 fully saturated rings. The van der Waals surface area contributed by atoms with Crippen molar-refractivity contribution >= 4 is 17.5 Å². The van der Waals surface area contributed by atoms with Crippen molar-refractivity contribution in [2.45, 2.75) is 20.4 Å². The third-order valence-electron chi connectivity index (χ3n) is 5.46. The molecule has 7 heteroatoms. The van der Waals surface area contributed by atoms with E-state index < -0.39 is 11.8 Å². The Morgan fingerprint density at radius 2 is 1.69 bits per heavy atom. The lowest BCUT2D eigenvalue weighted by Crippen LogP contribution is -2.51. The minimum atomic E-state index is -0.586. The molecule has 0 saturated carbocycles. The van der Waals surface area contributed by atoms with Crippen molar-refractivity contribution in [2.75, 3.05) is 38.3 Å². The maximum absolute atomic E-state index is 12.5. The first-order chi connectivity index (χ1) is 14.0. The Kier molecular flexibility index (Phi) is 5.40. The first-order valence-corrected chi connectivity index (χ1v) is 9.78. The summed E-state index contributed by atoms with van der Waals surface area (Å²) >= 11 is 0. The standard InChI is InChI=1S/C22H25N3O4/c1-15-3-5-18(11-16(15)2)23-21(26)22(27)25-9-7-24(8-10-25)13-17-4-6-19-20(12-17)29-14-28-19/h3-6,11-12H,7-10,13-14H2,1-2H3,(H,23,26). The van der Waals surface area contributed by atoms with E-state index in [0.717, 1.165) is 47.8 Å². The Morgan fingerprint density at radius 3 is 2.45 bits per heavy atom. The molecule has 29 heavy (non-hydrogen) atoms. The van der Waals surface area contributed by atoms with Crippen LogP contribution in [0.1, 0.15) is 16.7 Å². The molecule has 2 aromatic rings. The number of rotatable bonds is 3. The van der Waals surface area contributed by atoms with E-state index in [1.54, 1.807) is 4.90 Å². The molecule has 2 amide bonds. The molecule has 0 unspecified atom stereocenters. The van der Waals surface area contributed by atoms with Gasteiger partial charge in [-0.25, -0.2) is 0 Å². The van der Waals surface area contributed by atoms with Crippen LogP contribution in [0.5, 0.6) is 11.5 Å². The van der Waals surface area contributed by atoms with E-state index in [9.17, 15) is 9.59 Å². The molecule has 2 aromatic carbocycles. The zero-order chi connectivity index (χ0) is 20.4. The summed E-state index contributed by atoms with van der Waals surface area (Å²) in [6.07, 6.45) is 0. The molecular weight excluding hydrogens is 370 g/mol. The molecule has 0 atom stereocenters. The fourth-order valence-electron chi connectivity index (χ4n) is 3.55. The van der Waals surface area contributed by atoms with Crippen molar-refractivity contribution in [3.63, 3.8) is 0 Å². The van der Waals surface area contributed by atoms with Crippen LogP contribution in [0.2, 0.25) is 0 Å². The summed E-state index contributed by atoms with van der Waals surface area (Å²) in [4.78, 5) is 28.7. The molecule has 0 aliphatic carbocycles. The average Bonchev–Trinajstić information content (AvgIpc) is 3.18. The molecule has 152 valence electrons. The second-order valence-corrected chi connectivity index (χ2v) is 7.51. The molecule has 4 rings (SSSR count). The number of fused-ring (bicyclic) bond motifs is 1. The predicted octanol–water partition coefficient (Wildman–Crippen LogP) is 2.32. The number of hydrogen-bond acceptors (Lipinski definition) is 5. The van der Waals surface area contributed by atoms with Crippen molar-refractivity contribution < 1.29 is 19.1 Å². The fraction of sp³-hybridized carbons (Fsp3) is 0.364. The Balaban J connectivity index is 1.28. The van der Waals surface area contributed by atoms with E-state index in [0.29, 0.717) is 18.8 Å². The van der Waals surface area contributed by atoms with Gasteiger partial charge in [0.25, 0.3) is 0 Å². The number of ether oxygens (including phenoxy) is 2. The average molecular weight is 395 g/mol. The van der Waals surface area contributed by atoms with Crippen LogP contribution >= 0.6 is 0 Å². The lowest BCUT2D eigenvalue weighted by molar-refractivity contribution is -0.144. The number of piperazine rings is 1. The third-order valence-corrected chi connectivity index (χ3v) is 5.46. The molecule has 0 radical (unpaired) electrons. The van der Waals surface area contributed by atoms with Crippen LogP contribution in [-0.4, -0.2) is 54.6 Å². The largest absolute Gasteiger partial charge is 0.454 e. The molecule has 2 aliphatic heterocycles. The van der Waals surface area contributed by atoms with E-state index >= 15 is 0 Å². The first-order valence-electron chi connectivity index (χ1n) is 9.78. The highest BCUT2D eigenvalue weighted by molar-refractivity contribution is 6.39. The van der Waals surface area contributed by atoms with Crippen LogP contribution in [0.25, 0.3) is 0 Å². The zero-order valence-corrected chi connectivity index (χ0v) is 16.7. The predicted molar refractivity (Wildman–Crippen MR) is 109 cm³/mol. The zero-order valence-electron chi connectivity index (χ0n) is 16.7. The van der Waals surface area contributed by atoms with Gasteiger partial charge in [0.05, 0.1) is 0 Å². The molecule has 2 aliphatic rings. The minimum Gasteiger partial charge on any atom is -0.454 e. The monoisotopic (exact) mass is 395 g/mol. The second-order valence-electron chi connectivity index (χ2n) is 7.51. The van der Waals surface area contributed by atoms with Crippen molar-refractivity contribution in [2.24, 2.45) is 0 Å². The van der Waals surface area contributed by atoms with Gasteiger partial charge in [-0.3, -0.25) is 14.5 Å². The highest BCUT2D eigenvalue weighted by atomic mass is 16.7. The molecule has 0 spiro atoms. The smallest absolute Gasteiger partial charge is 0.313 e. The summed E-state index contributed by atoms with van der Waals surface area (Å²) in [6, 6.07) is 11.6. The van der Waals surface area contributed by atoms with Crippen LogP contribution in [-0.2, 0) is 16.1 Å². The number of anilines is 1. The lowest BCUT2D eigenvalue weighted by Gasteiger charge is -2.34. The van der Waals surface area contributed by atoms with Gasteiger partial charge in [-0.15, -0.1) is 0 Å². The molecule has 2 heterocycles. The molecule has 1 saturated heterocycles. The fourth-order valence-corrected chi connectivity index (χ4v) is 3.55. The summed E-state index contributed by atoms with van der Waals surface area (Å²) in [5.41, 5.74) is 4.01. The van der Waals surface area contributed by atoms with Gasteiger partial charge >= 0.3 is 11.8 Å². The van der Waals surface area contributed by atoms with Crippen molar-refractivity contribution in [1.29, 1.82) is 0 Å². The number of benzene rings is 2. The van der Waals surface area contributed by atoms with Crippen LogP contribution in [0.3, 0.4) is 0 Å². The lowest BCUT2D eigenvalue weighted by atomic mass is 10.1. The van der Waals surface area contributed by atoms with Crippen molar-refractivity contribution in [1.82, 2.24) is 9.80 Å². The SMILES string of the molecule is Cc1ccc(NC(=O)C(=O)N2CCN(Cc3ccc4c(c3)OCO4)CC2)cc1C. The van der Waals surface area contributed by atoms with Gasteiger partial charge in [0.15, 0.2) is 11.5 Å². The first kappa shape index (κ1) is 19.3. The summed E-state index contributed by atoms with van der Waals surface area (Å²) in [6.45, 7) is 7.53. The topological polar surface area (TPSA) is 71.1 Å². The van der Waals surface area contributed by atoms with Crippen LogP contribution in [0.15, 0.2) is 36.4 Å². The van der Waals surface area contributed by atoms with E-state index in [-0.39, 0.29) is 6.79 Å². The number of nitrogens with one attached hydrogen (secondary N) is 1. The maximum Gasteiger partial charge on any atom is 0.313 e. The van der Waals surface area contributed by atoms with Gasteiger partial charge in [-0.05, 0) is 54.8 Å². The van der Waals surface area contributed by atoms with E-state index in [1.807, 2.05) is 50.2 Å². The van der Waals surface area contributed by atoms with Gasteiger partial charge in [-0.2, -0.15) is 0 Å². The summed E-state index contributed by atoms with van der Waals surface area (Å²) in [5, 5.41) is 2.71. The van der Waals surface area contributed by atoms with Crippen molar-refractivity contribution in [3.05, 3.63) is 53.1 Å². The van der Waals surface area contributed by atoms with Gasteiger partial charge in [0.1, 0.15) is 0 Å². The number of hydrogen-bond donors (Lipinski definition) is 1. The maximum atomic E-state index is 12.5. The van der Waals surface area contributed by atoms with Gasteiger partial charge in [0, 0.05) is 38.4 Å². The van der Waals surface area contributed by atoms with Gasteiger partial charge < -0.3 is 19.7 Å². The number of amides is 2. The van der Waals surface area contributed by atoms with E-state index in [1.165, 1.54) is 0 Å². The number of carbonyl (C=O) groups is 2. The molecule has 0 aromatic heterocycles. The number of nitrogens with zero attached hydrogens (tertiary/aromatic N) is 2. The van der Waals surface area contributed by atoms with Crippen LogP contribution < -0.4 is 14.8 Å². The normalized spacial score (nSPS) is 16.0. The van der Waals surface area contributed by atoms with Crippen LogP contribution in [0, 0.1) is 13.8 Å². The Labute approximate surface area is 170 Å². The minimum absolute atomic E-state index is 0.268. The Bertz CT molecular complexity index is 936. The highest BCUT2D eigenvalue weighted by Gasteiger charge is 2.26. The number of carbonyl (C=O) groups excluding carboxylic acids is 2. The molecule has 1 N–H and O–H groups in total. The van der Waals surface area contributed by atoms with Gasteiger partial charge in [-0.1, -0.05) is 12.1 Å². The summed E-state index contributed by atoms with van der Waals surface area (Å²) in [7, 11) is 0. The third kappa shape index (κ3) is 4.35. The van der Waals surface area contributed by atoms with Crippen LogP contribution in [0.4, 0.5) is 5.69 Å². The Hall–Kier alpha value is -3.06. The van der Waals surface area contributed by atoms with E-state index in [4.69, 9.17) is 9.47 Å². The molecule has 0 bridgehead atoms. The van der Waals surface area contributed by atoms with Gasteiger partial charge in [0.2, 0.25) is 6.79 Å². The second kappa shape index (κ2) is 8.13. The molecule has 7 nitrogen and oxygen atoms in total. The molecular formula is C22H25N3O4. The van der Waals surface area contributed by atoms with Crippen molar-refractivity contribution in [3.8, 4) is 11.5 Å². The summed E-state index contributed by atoms with van der Waals surface area (Å²) in [5.74, 6) is 0.488. The quantitative estimate of drug-likeness (QED) is 0.808.